The molecule has 0 atom stereocenters. The van der Waals surface area contributed by atoms with Crippen LogP contribution >= 0.6 is 6.89 Å². The fourth-order valence-corrected chi connectivity index (χ4v) is 9.28. The Morgan fingerprint density at radius 1 is 0.432 bits per heavy atom. The Bertz CT molecular complexity index is 930. The quantitative estimate of drug-likeness (QED) is 0.0904. The lowest BCUT2D eigenvalue weighted by molar-refractivity contribution is 0.574. The highest BCUT2D eigenvalue weighted by molar-refractivity contribution is 7.94. The fraction of sp³-hybridized carbons (Fsp3) is 0.417. The normalized spacial score (nSPS) is 11.7. The molecule has 198 valence electrons. The standard InChI is InChI=1S/C36H49P/c1-2-3-4-5-6-7-8-9-10-11-12-13-14-15-16-26-33-37(34-27-20-17-21-28-34,35-29-22-18-23-30-35)36-31-24-19-25-32-36/h6-7,17-25,27-33H,2-5,8-16,26H2,1H3/b7-6+. The van der Waals surface area contributed by atoms with Gasteiger partial charge in [0.05, 0.1) is 0 Å². The van der Waals surface area contributed by atoms with Crippen molar-refractivity contribution >= 4 is 28.6 Å². The summed E-state index contributed by atoms with van der Waals surface area (Å²) >= 11 is 0. The fourth-order valence-electron chi connectivity index (χ4n) is 5.25. The zero-order valence-electron chi connectivity index (χ0n) is 23.2. The van der Waals surface area contributed by atoms with E-state index >= 15 is 0 Å². The molecule has 0 aromatic heterocycles. The minimum absolute atomic E-state index is 1.18. The van der Waals surface area contributed by atoms with Crippen molar-refractivity contribution in [3.05, 3.63) is 103 Å². The molecule has 0 spiro atoms. The molecule has 0 amide bonds. The number of rotatable bonds is 18. The van der Waals surface area contributed by atoms with Crippen molar-refractivity contribution < 1.29 is 0 Å². The van der Waals surface area contributed by atoms with E-state index in [0.717, 1.165) is 0 Å². The van der Waals surface area contributed by atoms with Crippen molar-refractivity contribution in [2.45, 2.75) is 96.8 Å². The molecule has 0 radical (unpaired) electrons. The van der Waals surface area contributed by atoms with Crippen LogP contribution in [0.15, 0.2) is 103 Å². The van der Waals surface area contributed by atoms with E-state index in [-0.39, 0.29) is 0 Å². The molecule has 0 saturated heterocycles. The van der Waals surface area contributed by atoms with Crippen LogP contribution in [-0.2, 0) is 0 Å². The molecule has 0 saturated carbocycles. The predicted octanol–water partition coefficient (Wildman–Crippen LogP) is 9.82. The third-order valence-electron chi connectivity index (χ3n) is 7.36. The second-order valence-corrected chi connectivity index (χ2v) is 13.6. The van der Waals surface area contributed by atoms with E-state index in [2.05, 4.69) is 116 Å². The van der Waals surface area contributed by atoms with E-state index in [4.69, 9.17) is 0 Å². The molecule has 0 N–H and O–H groups in total. The second-order valence-electron chi connectivity index (χ2n) is 10.3. The highest BCUT2D eigenvalue weighted by Crippen LogP contribution is 2.44. The maximum atomic E-state index is 2.70. The van der Waals surface area contributed by atoms with Crippen LogP contribution in [0.2, 0.25) is 0 Å². The average molecular weight is 513 g/mol. The molecule has 0 aliphatic heterocycles. The first-order valence-corrected chi connectivity index (χ1v) is 16.8. The summed E-state index contributed by atoms with van der Waals surface area (Å²) in [6, 6.07) is 33.7. The second kappa shape index (κ2) is 18.0. The van der Waals surface area contributed by atoms with E-state index in [9.17, 15) is 0 Å². The molecule has 0 aliphatic carbocycles. The number of unbranched alkanes of at least 4 members (excludes halogenated alkanes) is 12. The maximum absolute atomic E-state index is 2.70. The maximum Gasteiger partial charge on any atom is -0.0163 e. The molecule has 0 aliphatic rings. The van der Waals surface area contributed by atoms with Crippen LogP contribution in [0.3, 0.4) is 0 Å². The monoisotopic (exact) mass is 512 g/mol. The number of hydrogen-bond acceptors (Lipinski definition) is 0. The first kappa shape index (κ1) is 29.3. The minimum Gasteiger partial charge on any atom is -0.0885 e. The van der Waals surface area contributed by atoms with Crippen molar-refractivity contribution in [2.75, 3.05) is 0 Å². The predicted molar refractivity (Wildman–Crippen MR) is 171 cm³/mol. The third-order valence-corrected chi connectivity index (χ3v) is 11.5. The van der Waals surface area contributed by atoms with Gasteiger partial charge in [0.25, 0.3) is 0 Å². The molecular formula is C36H49P. The summed E-state index contributed by atoms with van der Waals surface area (Å²) in [4.78, 5) is 0. The number of allylic oxidation sites excluding steroid dienone is 2. The van der Waals surface area contributed by atoms with Crippen LogP contribution in [0.25, 0.3) is 0 Å². The van der Waals surface area contributed by atoms with Gasteiger partial charge in [-0.05, 0) is 61.3 Å². The van der Waals surface area contributed by atoms with E-state index < -0.39 is 6.89 Å². The molecule has 3 aromatic carbocycles. The largest absolute Gasteiger partial charge is 0.0885 e. The number of hydrogen-bond donors (Lipinski definition) is 0. The highest BCUT2D eigenvalue weighted by atomic mass is 31.2. The molecule has 0 heterocycles. The molecule has 0 unspecified atom stereocenters. The van der Waals surface area contributed by atoms with E-state index in [0.29, 0.717) is 0 Å². The van der Waals surface area contributed by atoms with Crippen molar-refractivity contribution in [1.29, 1.82) is 0 Å². The Morgan fingerprint density at radius 3 is 1.19 bits per heavy atom. The van der Waals surface area contributed by atoms with Gasteiger partial charge in [0.1, 0.15) is 0 Å². The molecule has 0 bridgehead atoms. The Morgan fingerprint density at radius 2 is 0.784 bits per heavy atom. The summed E-state index contributed by atoms with van der Waals surface area (Å²) < 4.78 is 0. The first-order chi connectivity index (χ1) is 18.4. The Kier molecular flexibility index (Phi) is 14.3. The van der Waals surface area contributed by atoms with Crippen LogP contribution < -0.4 is 15.9 Å². The molecule has 37 heavy (non-hydrogen) atoms. The van der Waals surface area contributed by atoms with Gasteiger partial charge in [-0.2, -0.15) is 0 Å². The van der Waals surface area contributed by atoms with E-state index in [1.54, 1.807) is 0 Å². The van der Waals surface area contributed by atoms with Crippen LogP contribution in [0.4, 0.5) is 0 Å². The Labute approximate surface area is 228 Å². The van der Waals surface area contributed by atoms with Gasteiger partial charge in [0.15, 0.2) is 0 Å². The first-order valence-electron chi connectivity index (χ1n) is 14.9. The van der Waals surface area contributed by atoms with Gasteiger partial charge in [0, 0.05) is 0 Å². The van der Waals surface area contributed by atoms with E-state index in [1.165, 1.54) is 106 Å². The number of benzene rings is 3. The third kappa shape index (κ3) is 9.83. The highest BCUT2D eigenvalue weighted by Gasteiger charge is 2.24. The molecule has 0 fully saturated rings. The lowest BCUT2D eigenvalue weighted by atomic mass is 10.1. The summed E-state index contributed by atoms with van der Waals surface area (Å²) in [5.41, 5.74) is 0. The van der Waals surface area contributed by atoms with Crippen molar-refractivity contribution in [3.63, 3.8) is 0 Å². The zero-order valence-corrected chi connectivity index (χ0v) is 24.1. The Balaban J connectivity index is 1.49. The molecule has 0 nitrogen and oxygen atoms in total. The smallest absolute Gasteiger partial charge is 0.0163 e. The molecule has 3 rings (SSSR count). The van der Waals surface area contributed by atoms with Crippen LogP contribution in [-0.4, -0.2) is 5.80 Å². The van der Waals surface area contributed by atoms with Crippen molar-refractivity contribution in [1.82, 2.24) is 0 Å². The summed E-state index contributed by atoms with van der Waals surface area (Å²) in [6.45, 7) is 0.504. The lowest BCUT2D eigenvalue weighted by Crippen LogP contribution is -2.26. The van der Waals surface area contributed by atoms with Crippen LogP contribution in [0, 0.1) is 0 Å². The van der Waals surface area contributed by atoms with Crippen molar-refractivity contribution in [2.24, 2.45) is 0 Å². The van der Waals surface area contributed by atoms with Gasteiger partial charge in [-0.1, -0.05) is 167 Å². The topological polar surface area (TPSA) is 0 Å². The SMILES string of the molecule is CCCCC/C=C/CCCCCCCCCCC=P(c1ccccc1)(c1ccccc1)c1ccccc1. The molecule has 3 aromatic rings. The minimum atomic E-state index is -1.77. The summed E-state index contributed by atoms with van der Waals surface area (Å²) in [7, 11) is 0. The molecular weight excluding hydrogens is 463 g/mol. The van der Waals surface area contributed by atoms with E-state index in [1.807, 2.05) is 0 Å². The van der Waals surface area contributed by atoms with Crippen LogP contribution in [0.1, 0.15) is 96.8 Å². The molecule has 1 heteroatoms. The van der Waals surface area contributed by atoms with Gasteiger partial charge < -0.3 is 0 Å². The van der Waals surface area contributed by atoms with Crippen LogP contribution in [0.5, 0.6) is 0 Å². The average Bonchev–Trinajstić information content (AvgIpc) is 2.96. The summed E-state index contributed by atoms with van der Waals surface area (Å²) in [5.74, 6) is 2.70. The Hall–Kier alpha value is -2.30. The summed E-state index contributed by atoms with van der Waals surface area (Å²) in [5, 5.41) is 4.38. The van der Waals surface area contributed by atoms with Gasteiger partial charge >= 0.3 is 0 Å². The van der Waals surface area contributed by atoms with Gasteiger partial charge in [-0.3, -0.25) is 0 Å². The zero-order chi connectivity index (χ0) is 25.9. The van der Waals surface area contributed by atoms with Crippen molar-refractivity contribution in [3.8, 4) is 0 Å². The van der Waals surface area contributed by atoms with Gasteiger partial charge in [-0.25, -0.2) is 0 Å². The van der Waals surface area contributed by atoms with Gasteiger partial charge in [-0.15, -0.1) is 0 Å². The van der Waals surface area contributed by atoms with Gasteiger partial charge in [0.2, 0.25) is 0 Å². The summed E-state index contributed by atoms with van der Waals surface area (Å²) in [6.07, 6.45) is 23.6. The lowest BCUT2D eigenvalue weighted by Gasteiger charge is -2.29.